The lowest BCUT2D eigenvalue weighted by atomic mass is 9.75. The van der Waals surface area contributed by atoms with Gasteiger partial charge >= 0.3 is 5.97 Å². The van der Waals surface area contributed by atoms with Crippen LogP contribution >= 0.6 is 0 Å². The van der Waals surface area contributed by atoms with Gasteiger partial charge in [0.2, 0.25) is 11.8 Å². The summed E-state index contributed by atoms with van der Waals surface area (Å²) < 4.78 is 6.30. The zero-order valence-corrected chi connectivity index (χ0v) is 22.0. The number of hydrogen-bond acceptors (Lipinski definition) is 6. The highest BCUT2D eigenvalue weighted by Crippen LogP contribution is 2.34. The lowest BCUT2D eigenvalue weighted by molar-refractivity contribution is -0.145. The van der Waals surface area contributed by atoms with Crippen LogP contribution in [0, 0.1) is 5.92 Å². The minimum atomic E-state index is -1.11. The largest absolute Gasteiger partial charge is 0.467 e. The molecule has 0 bridgehead atoms. The first-order chi connectivity index (χ1) is 17.7. The molecule has 10 heteroatoms. The Labute approximate surface area is 217 Å². The molecule has 1 saturated carbocycles. The fraction of sp³-hybridized carbons (Fsp3) is 0.519. The van der Waals surface area contributed by atoms with Crippen LogP contribution < -0.4 is 16.0 Å². The molecule has 1 aromatic carbocycles. The number of benzene rings is 1. The molecule has 2 aromatic rings. The van der Waals surface area contributed by atoms with E-state index in [0.29, 0.717) is 11.4 Å². The van der Waals surface area contributed by atoms with Gasteiger partial charge in [-0.1, -0.05) is 38.3 Å². The van der Waals surface area contributed by atoms with Crippen molar-refractivity contribution in [2.24, 2.45) is 13.0 Å². The number of carbonyl (C=O) groups is 4. The van der Waals surface area contributed by atoms with E-state index in [1.54, 1.807) is 57.4 Å². The third-order valence-electron chi connectivity index (χ3n) is 7.11. The summed E-state index contributed by atoms with van der Waals surface area (Å²) in [6.45, 7) is 3.50. The average Bonchev–Trinajstić information content (AvgIpc) is 3.35. The number of esters is 1. The Morgan fingerprint density at radius 3 is 2.35 bits per heavy atom. The van der Waals surface area contributed by atoms with Crippen molar-refractivity contribution in [1.82, 2.24) is 20.4 Å². The molecule has 3 amide bonds. The number of nitrogens with zero attached hydrogens (tertiary/aromatic N) is 2. The molecular formula is C27H37N5O5. The van der Waals surface area contributed by atoms with Crippen molar-refractivity contribution in [3.63, 3.8) is 0 Å². The number of anilines is 1. The minimum Gasteiger partial charge on any atom is -0.467 e. The van der Waals surface area contributed by atoms with E-state index in [9.17, 15) is 19.2 Å². The standard InChI is InChI=1S/C27H37N5O5/c1-5-23(33)30-21(25(35)37-4)17-18-11-13-20(14-12-18)29-26(36)27(2,19-9-7-6-8-10-19)31-24(34)22-15-16-28-32(22)3/h11-16,19,21H,5-10,17H2,1-4H3,(H,29,36)(H,30,33)(H,31,34)/t21-,27-/m1/s1. The van der Waals surface area contributed by atoms with Crippen molar-refractivity contribution >= 4 is 29.4 Å². The molecular weight excluding hydrogens is 474 g/mol. The van der Waals surface area contributed by atoms with Gasteiger partial charge in [-0.05, 0) is 49.4 Å². The highest BCUT2D eigenvalue weighted by molar-refractivity contribution is 6.03. The van der Waals surface area contributed by atoms with E-state index in [1.807, 2.05) is 0 Å². The number of hydrogen-bond donors (Lipinski definition) is 3. The maximum atomic E-state index is 13.6. The Morgan fingerprint density at radius 1 is 1.11 bits per heavy atom. The fourth-order valence-electron chi connectivity index (χ4n) is 4.77. The third-order valence-corrected chi connectivity index (χ3v) is 7.11. The van der Waals surface area contributed by atoms with Crippen molar-refractivity contribution < 1.29 is 23.9 Å². The molecule has 3 N–H and O–H groups in total. The topological polar surface area (TPSA) is 131 Å². The molecule has 2 atom stereocenters. The lowest BCUT2D eigenvalue weighted by Crippen LogP contribution is -2.59. The predicted molar refractivity (Wildman–Crippen MR) is 139 cm³/mol. The molecule has 1 aliphatic rings. The zero-order chi connectivity index (χ0) is 27.0. The van der Waals surface area contributed by atoms with Gasteiger partial charge in [-0.3, -0.25) is 19.1 Å². The van der Waals surface area contributed by atoms with Gasteiger partial charge < -0.3 is 20.7 Å². The fourth-order valence-corrected chi connectivity index (χ4v) is 4.77. The summed E-state index contributed by atoms with van der Waals surface area (Å²) in [5, 5.41) is 12.7. The summed E-state index contributed by atoms with van der Waals surface area (Å²) in [5.74, 6) is -1.39. The SMILES string of the molecule is CCC(=O)N[C@H](Cc1ccc(NC(=O)[C@](C)(NC(=O)c2ccnn2C)C2CCCCC2)cc1)C(=O)OC. The Morgan fingerprint density at radius 2 is 1.78 bits per heavy atom. The van der Waals surface area contributed by atoms with E-state index in [4.69, 9.17) is 4.74 Å². The van der Waals surface area contributed by atoms with Gasteiger partial charge in [0, 0.05) is 31.8 Å². The van der Waals surface area contributed by atoms with Gasteiger partial charge in [-0.25, -0.2) is 4.79 Å². The molecule has 1 aliphatic carbocycles. The molecule has 10 nitrogen and oxygen atoms in total. The van der Waals surface area contributed by atoms with Crippen LogP contribution in [0.4, 0.5) is 5.69 Å². The van der Waals surface area contributed by atoms with Crippen LogP contribution in [0.2, 0.25) is 0 Å². The zero-order valence-electron chi connectivity index (χ0n) is 22.0. The second kappa shape index (κ2) is 12.5. The molecule has 0 unspecified atom stereocenters. The second-order valence-electron chi connectivity index (χ2n) is 9.68. The molecule has 0 spiro atoms. The van der Waals surface area contributed by atoms with Crippen molar-refractivity contribution in [3.05, 3.63) is 47.8 Å². The van der Waals surface area contributed by atoms with Crippen molar-refractivity contribution in [3.8, 4) is 0 Å². The van der Waals surface area contributed by atoms with Crippen molar-refractivity contribution in [2.45, 2.75) is 70.4 Å². The number of nitrogens with one attached hydrogen (secondary N) is 3. The van der Waals surface area contributed by atoms with Gasteiger partial charge in [0.1, 0.15) is 17.3 Å². The van der Waals surface area contributed by atoms with Crippen molar-refractivity contribution in [1.29, 1.82) is 0 Å². The quantitative estimate of drug-likeness (QED) is 0.421. The first-order valence-electron chi connectivity index (χ1n) is 12.8. The molecule has 1 heterocycles. The van der Waals surface area contributed by atoms with Crippen LogP contribution in [0.1, 0.15) is 68.4 Å². The average molecular weight is 512 g/mol. The molecule has 1 fully saturated rings. The molecule has 1 aromatic heterocycles. The smallest absolute Gasteiger partial charge is 0.328 e. The normalized spacial score (nSPS) is 16.2. The first kappa shape index (κ1) is 27.9. The van der Waals surface area contributed by atoms with E-state index >= 15 is 0 Å². The minimum absolute atomic E-state index is 0.000641. The van der Waals surface area contributed by atoms with E-state index in [-0.39, 0.29) is 36.5 Å². The summed E-state index contributed by atoms with van der Waals surface area (Å²) >= 11 is 0. The van der Waals surface area contributed by atoms with Crippen molar-refractivity contribution in [2.75, 3.05) is 12.4 Å². The summed E-state index contributed by atoms with van der Waals surface area (Å²) in [5.41, 5.74) is 0.637. The van der Waals surface area contributed by atoms with E-state index < -0.39 is 17.6 Å². The van der Waals surface area contributed by atoms with Gasteiger partial charge in [-0.2, -0.15) is 5.10 Å². The van der Waals surface area contributed by atoms with Crippen LogP contribution in [0.15, 0.2) is 36.5 Å². The third kappa shape index (κ3) is 6.96. The monoisotopic (exact) mass is 511 g/mol. The van der Waals surface area contributed by atoms with Crippen LogP contribution in [-0.2, 0) is 32.6 Å². The summed E-state index contributed by atoms with van der Waals surface area (Å²) in [6, 6.07) is 7.89. The van der Waals surface area contributed by atoms with Gasteiger partial charge in [0.05, 0.1) is 7.11 Å². The van der Waals surface area contributed by atoms with E-state index in [1.165, 1.54) is 11.8 Å². The summed E-state index contributed by atoms with van der Waals surface area (Å²) in [6.07, 6.45) is 6.92. The number of rotatable bonds is 10. The maximum absolute atomic E-state index is 13.6. The molecule has 0 radical (unpaired) electrons. The number of aryl methyl sites for hydroxylation is 1. The second-order valence-corrected chi connectivity index (χ2v) is 9.68. The number of amides is 3. The van der Waals surface area contributed by atoms with Gasteiger partial charge in [0.25, 0.3) is 5.91 Å². The Hall–Kier alpha value is -3.69. The van der Waals surface area contributed by atoms with Gasteiger partial charge in [0.15, 0.2) is 0 Å². The number of carbonyl (C=O) groups excluding carboxylic acids is 4. The highest BCUT2D eigenvalue weighted by Gasteiger charge is 2.43. The van der Waals surface area contributed by atoms with Crippen LogP contribution in [0.25, 0.3) is 0 Å². The molecule has 3 rings (SSSR count). The summed E-state index contributed by atoms with van der Waals surface area (Å²) in [7, 11) is 2.97. The Bertz CT molecular complexity index is 1110. The lowest BCUT2D eigenvalue weighted by Gasteiger charge is -2.39. The maximum Gasteiger partial charge on any atom is 0.328 e. The first-order valence-corrected chi connectivity index (χ1v) is 12.8. The number of methoxy groups -OCH3 is 1. The van der Waals surface area contributed by atoms with Crippen LogP contribution in [0.5, 0.6) is 0 Å². The molecule has 0 saturated heterocycles. The van der Waals surface area contributed by atoms with Gasteiger partial charge in [-0.15, -0.1) is 0 Å². The Kier molecular flexibility index (Phi) is 9.43. The molecule has 37 heavy (non-hydrogen) atoms. The Balaban J connectivity index is 1.74. The van der Waals surface area contributed by atoms with E-state index in [2.05, 4.69) is 21.0 Å². The molecule has 200 valence electrons. The van der Waals surface area contributed by atoms with Crippen LogP contribution in [-0.4, -0.2) is 52.2 Å². The predicted octanol–water partition coefficient (Wildman–Crippen LogP) is 2.74. The summed E-state index contributed by atoms with van der Waals surface area (Å²) in [4.78, 5) is 50.6. The highest BCUT2D eigenvalue weighted by atomic mass is 16.5. The van der Waals surface area contributed by atoms with Crippen LogP contribution in [0.3, 0.4) is 0 Å². The number of ether oxygens (including phenoxy) is 1. The number of aromatic nitrogens is 2. The molecule has 0 aliphatic heterocycles. The van der Waals surface area contributed by atoms with E-state index in [0.717, 1.165) is 37.7 Å².